The average molecular weight is 358 g/mol. The number of furan rings is 1. The van der Waals surface area contributed by atoms with Gasteiger partial charge in [-0.15, -0.1) is 0 Å². The van der Waals surface area contributed by atoms with Crippen LogP contribution in [0.5, 0.6) is 0 Å². The fourth-order valence-corrected chi connectivity index (χ4v) is 6.84. The van der Waals surface area contributed by atoms with Crippen molar-refractivity contribution in [2.24, 2.45) is 22.7 Å². The number of carbonyl (C=O) groups excluding carboxylic acids is 2. The molecule has 2 spiro atoms. The van der Waals surface area contributed by atoms with Crippen LogP contribution in [-0.2, 0) is 23.8 Å². The van der Waals surface area contributed by atoms with Gasteiger partial charge in [0.25, 0.3) is 0 Å². The highest BCUT2D eigenvalue weighted by Crippen LogP contribution is 2.75. The first-order chi connectivity index (χ1) is 12.4. The van der Waals surface area contributed by atoms with Gasteiger partial charge in [0, 0.05) is 12.0 Å². The van der Waals surface area contributed by atoms with Crippen molar-refractivity contribution in [1.82, 2.24) is 0 Å². The summed E-state index contributed by atoms with van der Waals surface area (Å²) in [6.07, 6.45) is 5.51. The molecule has 2 bridgehead atoms. The van der Waals surface area contributed by atoms with E-state index in [0.717, 1.165) is 18.4 Å². The lowest BCUT2D eigenvalue weighted by Crippen LogP contribution is -2.69. The Morgan fingerprint density at radius 3 is 2.81 bits per heavy atom. The smallest absolute Gasteiger partial charge is 0.315 e. The van der Waals surface area contributed by atoms with Crippen LogP contribution in [0.3, 0.4) is 0 Å². The monoisotopic (exact) mass is 358 g/mol. The van der Waals surface area contributed by atoms with Crippen molar-refractivity contribution >= 4 is 11.9 Å². The largest absolute Gasteiger partial charge is 0.472 e. The van der Waals surface area contributed by atoms with E-state index in [1.165, 1.54) is 0 Å². The third-order valence-electron chi connectivity index (χ3n) is 8.31. The fraction of sp³-hybridized carbons (Fsp3) is 0.700. The Hall–Kier alpha value is -1.82. The number of carbonyl (C=O) groups is 2. The van der Waals surface area contributed by atoms with E-state index in [4.69, 9.17) is 18.6 Å². The average Bonchev–Trinajstić information content (AvgIpc) is 2.96. The number of fused-ring (bicyclic) bond motifs is 1. The molecule has 0 aromatic carbocycles. The molecule has 8 atom stereocenters. The predicted octanol–water partition coefficient (Wildman–Crippen LogP) is 2.77. The lowest BCUT2D eigenvalue weighted by molar-refractivity contribution is -0.219. The molecule has 1 aromatic rings. The summed E-state index contributed by atoms with van der Waals surface area (Å²) in [5.41, 5.74) is -0.977. The number of hydrogen-bond acceptors (Lipinski definition) is 6. The van der Waals surface area contributed by atoms with Crippen LogP contribution in [0.15, 0.2) is 23.0 Å². The third-order valence-corrected chi connectivity index (χ3v) is 8.31. The summed E-state index contributed by atoms with van der Waals surface area (Å²) in [6, 6.07) is 1.85. The molecule has 26 heavy (non-hydrogen) atoms. The van der Waals surface area contributed by atoms with Crippen molar-refractivity contribution < 1.29 is 28.2 Å². The Balaban J connectivity index is 1.48. The van der Waals surface area contributed by atoms with Crippen LogP contribution in [0.25, 0.3) is 0 Å². The minimum atomic E-state index is -0.719. The molecule has 0 amide bonds. The molecule has 6 heteroatoms. The first kappa shape index (κ1) is 15.3. The number of rotatable bonds is 1. The van der Waals surface area contributed by atoms with Gasteiger partial charge in [-0.05, 0) is 44.1 Å². The molecule has 4 saturated heterocycles. The van der Waals surface area contributed by atoms with E-state index in [0.29, 0.717) is 12.8 Å². The Kier molecular flexibility index (Phi) is 2.55. The summed E-state index contributed by atoms with van der Waals surface area (Å²) < 4.78 is 22.8. The topological polar surface area (TPSA) is 78.3 Å². The van der Waals surface area contributed by atoms with E-state index in [9.17, 15) is 9.59 Å². The molecule has 2 aliphatic carbocycles. The Morgan fingerprint density at radius 1 is 1.19 bits per heavy atom. The van der Waals surface area contributed by atoms with E-state index >= 15 is 0 Å². The van der Waals surface area contributed by atoms with Gasteiger partial charge in [-0.1, -0.05) is 6.92 Å². The van der Waals surface area contributed by atoms with Crippen LogP contribution in [0.1, 0.15) is 51.2 Å². The number of cyclic esters (lactones) is 1. The standard InChI is InChI=1S/C20H22O6/c1-10-3-5-20-14(7-12(24-17(20)22)15-18(20,2)26-15)19(10)8-13(25-16(19)21)11-4-6-23-9-11/h4,6,9-10,12-15H,3,5,7-8H2,1-2H3/t10-,12-,13-,14+,15-,18+,19-,20-/m0/s1. The maximum Gasteiger partial charge on any atom is 0.315 e. The second-order valence-corrected chi connectivity index (χ2v) is 8.98. The van der Waals surface area contributed by atoms with Crippen LogP contribution >= 0.6 is 0 Å². The Morgan fingerprint density at radius 2 is 2.04 bits per heavy atom. The quantitative estimate of drug-likeness (QED) is 0.567. The van der Waals surface area contributed by atoms with Gasteiger partial charge in [0.05, 0.1) is 17.9 Å². The van der Waals surface area contributed by atoms with Gasteiger partial charge in [-0.2, -0.15) is 0 Å². The van der Waals surface area contributed by atoms with Crippen molar-refractivity contribution in [3.8, 4) is 0 Å². The first-order valence-corrected chi connectivity index (χ1v) is 9.55. The van der Waals surface area contributed by atoms with Crippen molar-refractivity contribution in [2.45, 2.75) is 63.4 Å². The number of esters is 2. The molecule has 0 N–H and O–H groups in total. The molecule has 6 fully saturated rings. The number of epoxide rings is 1. The zero-order valence-corrected chi connectivity index (χ0v) is 14.9. The van der Waals surface area contributed by atoms with Gasteiger partial charge < -0.3 is 18.6 Å². The van der Waals surface area contributed by atoms with E-state index in [2.05, 4.69) is 6.92 Å². The summed E-state index contributed by atoms with van der Waals surface area (Å²) >= 11 is 0. The van der Waals surface area contributed by atoms with Crippen molar-refractivity contribution in [1.29, 1.82) is 0 Å². The van der Waals surface area contributed by atoms with Crippen molar-refractivity contribution in [3.63, 3.8) is 0 Å². The second kappa shape index (κ2) is 4.35. The fourth-order valence-electron chi connectivity index (χ4n) is 6.84. The Bertz CT molecular complexity index is 816. The summed E-state index contributed by atoms with van der Waals surface area (Å²) in [5, 5.41) is 0. The predicted molar refractivity (Wildman–Crippen MR) is 86.7 cm³/mol. The lowest BCUT2D eigenvalue weighted by atomic mass is 9.42. The van der Waals surface area contributed by atoms with Crippen LogP contribution < -0.4 is 0 Å². The van der Waals surface area contributed by atoms with E-state index < -0.39 is 16.4 Å². The van der Waals surface area contributed by atoms with Gasteiger partial charge >= 0.3 is 11.9 Å². The van der Waals surface area contributed by atoms with Gasteiger partial charge in [-0.25, -0.2) is 0 Å². The highest BCUT2D eigenvalue weighted by molar-refractivity contribution is 5.87. The van der Waals surface area contributed by atoms with E-state index in [1.807, 2.05) is 13.0 Å². The minimum Gasteiger partial charge on any atom is -0.472 e. The molecule has 6 nitrogen and oxygen atoms in total. The number of hydrogen-bond donors (Lipinski definition) is 0. The molecule has 2 saturated carbocycles. The molecule has 1 aromatic heterocycles. The molecule has 138 valence electrons. The van der Waals surface area contributed by atoms with Gasteiger partial charge in [0.1, 0.15) is 29.3 Å². The molecule has 7 rings (SSSR count). The SMILES string of the molecule is C[C@H]1CC[C@@]23C(=O)O[C@@H](C[C@@H]2[C@]12C[C@@H](c1ccoc1)OC2=O)[C@@H]1O[C@]13C. The second-order valence-electron chi connectivity index (χ2n) is 8.98. The third kappa shape index (κ3) is 1.40. The molecular formula is C20H22O6. The van der Waals surface area contributed by atoms with Gasteiger partial charge in [0.2, 0.25) is 0 Å². The summed E-state index contributed by atoms with van der Waals surface area (Å²) in [5.74, 6) is -0.254. The molecule has 4 aliphatic heterocycles. The van der Waals surface area contributed by atoms with Crippen molar-refractivity contribution in [3.05, 3.63) is 24.2 Å². The van der Waals surface area contributed by atoms with Crippen LogP contribution in [-0.4, -0.2) is 29.7 Å². The highest BCUT2D eigenvalue weighted by atomic mass is 16.7. The van der Waals surface area contributed by atoms with Crippen LogP contribution in [0.4, 0.5) is 0 Å². The van der Waals surface area contributed by atoms with Crippen LogP contribution in [0.2, 0.25) is 0 Å². The summed E-state index contributed by atoms with van der Waals surface area (Å²) in [7, 11) is 0. The van der Waals surface area contributed by atoms with Crippen molar-refractivity contribution in [2.75, 3.05) is 0 Å². The molecule has 6 aliphatic rings. The summed E-state index contributed by atoms with van der Waals surface area (Å²) in [6.45, 7) is 4.17. The highest BCUT2D eigenvalue weighted by Gasteiger charge is 2.85. The number of ether oxygens (including phenoxy) is 3. The van der Waals surface area contributed by atoms with E-state index in [-0.39, 0.29) is 42.1 Å². The Labute approximate surface area is 151 Å². The van der Waals surface area contributed by atoms with Gasteiger partial charge in [-0.3, -0.25) is 9.59 Å². The lowest BCUT2D eigenvalue weighted by Gasteiger charge is -2.60. The molecule has 0 radical (unpaired) electrons. The molecule has 0 unspecified atom stereocenters. The minimum absolute atomic E-state index is 0.0102. The maximum absolute atomic E-state index is 13.3. The normalized spacial score (nSPS) is 53.8. The van der Waals surface area contributed by atoms with Crippen LogP contribution in [0, 0.1) is 22.7 Å². The molecular weight excluding hydrogens is 336 g/mol. The maximum atomic E-state index is 13.3. The van der Waals surface area contributed by atoms with E-state index in [1.54, 1.807) is 12.5 Å². The first-order valence-electron chi connectivity index (χ1n) is 9.55. The van der Waals surface area contributed by atoms with Gasteiger partial charge in [0.15, 0.2) is 0 Å². The zero-order valence-electron chi connectivity index (χ0n) is 14.9. The summed E-state index contributed by atoms with van der Waals surface area (Å²) in [4.78, 5) is 26.3. The zero-order chi connectivity index (χ0) is 17.9. The molecule has 5 heterocycles.